The molecule has 0 aliphatic heterocycles. The van der Waals surface area contributed by atoms with Gasteiger partial charge in [-0.3, -0.25) is 0 Å². The second-order valence-corrected chi connectivity index (χ2v) is 4.04. The Bertz CT molecular complexity index is 305. The molecule has 0 saturated carbocycles. The summed E-state index contributed by atoms with van der Waals surface area (Å²) >= 11 is 0. The molecule has 0 nitrogen and oxygen atoms in total. The van der Waals surface area contributed by atoms with Gasteiger partial charge in [-0.2, -0.15) is 0 Å². The summed E-state index contributed by atoms with van der Waals surface area (Å²) in [7, 11) is 0. The number of hydrogen-bond donors (Lipinski definition) is 0. The van der Waals surface area contributed by atoms with Gasteiger partial charge in [0.05, 0.1) is 0 Å². The van der Waals surface area contributed by atoms with Crippen molar-refractivity contribution in [3.05, 3.63) is 35.9 Å². The van der Waals surface area contributed by atoms with E-state index in [2.05, 4.69) is 44.0 Å². The molecule has 14 heavy (non-hydrogen) atoms. The molecule has 1 atom stereocenters. The Kier molecular flexibility index (Phi) is 3.77. The third-order valence-corrected chi connectivity index (χ3v) is 2.94. The van der Waals surface area contributed by atoms with Crippen LogP contribution < -0.4 is 0 Å². The molecule has 0 saturated heterocycles. The van der Waals surface area contributed by atoms with Crippen LogP contribution in [0.15, 0.2) is 30.3 Å². The highest BCUT2D eigenvalue weighted by Crippen LogP contribution is 2.26. The van der Waals surface area contributed by atoms with Crippen LogP contribution in [0.1, 0.15) is 32.3 Å². The van der Waals surface area contributed by atoms with Gasteiger partial charge >= 0.3 is 0 Å². The molecule has 0 spiro atoms. The first-order valence-electron chi connectivity index (χ1n) is 5.22. The topological polar surface area (TPSA) is 0 Å². The predicted molar refractivity (Wildman–Crippen MR) is 62.0 cm³/mol. The Morgan fingerprint density at radius 2 is 1.93 bits per heavy atom. The number of hydrogen-bond acceptors (Lipinski definition) is 0. The molecule has 0 fully saturated rings. The van der Waals surface area contributed by atoms with Crippen LogP contribution in [0.3, 0.4) is 0 Å². The molecule has 0 radical (unpaired) electrons. The van der Waals surface area contributed by atoms with Crippen LogP contribution in [0.2, 0.25) is 0 Å². The average molecular weight is 186 g/mol. The van der Waals surface area contributed by atoms with E-state index in [4.69, 9.17) is 6.42 Å². The van der Waals surface area contributed by atoms with Crippen molar-refractivity contribution in [2.24, 2.45) is 5.41 Å². The molecular weight excluding hydrogens is 168 g/mol. The molecule has 1 aromatic carbocycles. The third kappa shape index (κ3) is 2.92. The fourth-order valence-electron chi connectivity index (χ4n) is 1.42. The fourth-order valence-corrected chi connectivity index (χ4v) is 1.42. The molecular formula is C14H18. The summed E-state index contributed by atoms with van der Waals surface area (Å²) in [6.07, 6.45) is 8.74. The van der Waals surface area contributed by atoms with Crippen LogP contribution >= 0.6 is 0 Å². The van der Waals surface area contributed by atoms with Gasteiger partial charge in [0.1, 0.15) is 0 Å². The molecule has 0 aliphatic rings. The van der Waals surface area contributed by atoms with E-state index in [9.17, 15) is 0 Å². The second-order valence-electron chi connectivity index (χ2n) is 4.04. The van der Waals surface area contributed by atoms with Crippen molar-refractivity contribution in [1.29, 1.82) is 0 Å². The summed E-state index contributed by atoms with van der Waals surface area (Å²) < 4.78 is 0. The van der Waals surface area contributed by atoms with Crippen LogP contribution in [0, 0.1) is 17.8 Å². The van der Waals surface area contributed by atoms with Gasteiger partial charge < -0.3 is 0 Å². The SMILES string of the molecule is C#C[C@@](C)(CC)CCc1ccccc1. The van der Waals surface area contributed by atoms with E-state index in [1.807, 2.05) is 6.07 Å². The van der Waals surface area contributed by atoms with Crippen LogP contribution in [0.4, 0.5) is 0 Å². The average Bonchev–Trinajstić information content (AvgIpc) is 2.27. The molecule has 1 aromatic rings. The van der Waals surface area contributed by atoms with Gasteiger partial charge in [-0.15, -0.1) is 12.3 Å². The smallest absolute Gasteiger partial charge is 0.0284 e. The van der Waals surface area contributed by atoms with E-state index < -0.39 is 0 Å². The molecule has 0 heteroatoms. The Morgan fingerprint density at radius 1 is 1.29 bits per heavy atom. The predicted octanol–water partition coefficient (Wildman–Crippen LogP) is 3.67. The van der Waals surface area contributed by atoms with E-state index in [1.165, 1.54) is 5.56 Å². The molecule has 74 valence electrons. The molecule has 0 aliphatic carbocycles. The Labute approximate surface area is 87.4 Å². The van der Waals surface area contributed by atoms with E-state index in [1.54, 1.807) is 0 Å². The number of aryl methyl sites for hydroxylation is 1. The monoisotopic (exact) mass is 186 g/mol. The number of rotatable bonds is 4. The van der Waals surface area contributed by atoms with Gasteiger partial charge in [0.25, 0.3) is 0 Å². The minimum atomic E-state index is 0.0653. The summed E-state index contributed by atoms with van der Waals surface area (Å²) in [5.41, 5.74) is 1.44. The number of benzene rings is 1. The van der Waals surface area contributed by atoms with E-state index in [0.717, 1.165) is 19.3 Å². The zero-order valence-electron chi connectivity index (χ0n) is 9.09. The van der Waals surface area contributed by atoms with Crippen LogP contribution in [-0.4, -0.2) is 0 Å². The van der Waals surface area contributed by atoms with Crippen LogP contribution in [0.5, 0.6) is 0 Å². The summed E-state index contributed by atoms with van der Waals surface area (Å²) in [4.78, 5) is 0. The van der Waals surface area contributed by atoms with Crippen molar-refractivity contribution in [1.82, 2.24) is 0 Å². The van der Waals surface area contributed by atoms with Crippen molar-refractivity contribution in [3.63, 3.8) is 0 Å². The zero-order valence-corrected chi connectivity index (χ0v) is 9.09. The molecule has 0 amide bonds. The van der Waals surface area contributed by atoms with E-state index in [0.29, 0.717) is 0 Å². The molecule has 1 rings (SSSR count). The molecule has 0 heterocycles. The minimum absolute atomic E-state index is 0.0653. The second kappa shape index (κ2) is 4.86. The van der Waals surface area contributed by atoms with Gasteiger partial charge in [0, 0.05) is 5.41 Å². The van der Waals surface area contributed by atoms with Gasteiger partial charge in [-0.1, -0.05) is 37.3 Å². The van der Waals surface area contributed by atoms with E-state index >= 15 is 0 Å². The van der Waals surface area contributed by atoms with E-state index in [-0.39, 0.29) is 5.41 Å². The summed E-state index contributed by atoms with van der Waals surface area (Å²) in [5, 5.41) is 0. The van der Waals surface area contributed by atoms with Crippen molar-refractivity contribution < 1.29 is 0 Å². The first-order chi connectivity index (χ1) is 6.70. The number of terminal acetylenes is 1. The maximum atomic E-state index is 5.53. The van der Waals surface area contributed by atoms with Gasteiger partial charge in [-0.05, 0) is 31.7 Å². The lowest BCUT2D eigenvalue weighted by molar-refractivity contribution is 0.397. The third-order valence-electron chi connectivity index (χ3n) is 2.94. The first-order valence-corrected chi connectivity index (χ1v) is 5.22. The largest absolute Gasteiger partial charge is 0.120 e. The summed E-state index contributed by atoms with van der Waals surface area (Å²) in [6.45, 7) is 4.32. The van der Waals surface area contributed by atoms with Crippen molar-refractivity contribution in [3.8, 4) is 12.3 Å². The maximum absolute atomic E-state index is 5.53. The normalized spacial score (nSPS) is 14.4. The highest BCUT2D eigenvalue weighted by atomic mass is 14.2. The van der Waals surface area contributed by atoms with Crippen molar-refractivity contribution in [2.45, 2.75) is 33.1 Å². The van der Waals surface area contributed by atoms with Crippen LogP contribution in [-0.2, 0) is 6.42 Å². The lowest BCUT2D eigenvalue weighted by atomic mass is 9.83. The standard InChI is InChI=1S/C14H18/c1-4-14(3,5-2)12-11-13-9-7-6-8-10-13/h1,6-10H,5,11-12H2,2-3H3/t14-/m0/s1. The Balaban J connectivity index is 2.53. The Morgan fingerprint density at radius 3 is 2.43 bits per heavy atom. The van der Waals surface area contributed by atoms with Crippen LogP contribution in [0.25, 0.3) is 0 Å². The maximum Gasteiger partial charge on any atom is 0.0284 e. The van der Waals surface area contributed by atoms with Crippen molar-refractivity contribution in [2.75, 3.05) is 0 Å². The summed E-state index contributed by atoms with van der Waals surface area (Å²) in [6, 6.07) is 10.5. The molecule has 0 bridgehead atoms. The van der Waals surface area contributed by atoms with Gasteiger partial charge in [-0.25, -0.2) is 0 Å². The molecule has 0 aromatic heterocycles. The summed E-state index contributed by atoms with van der Waals surface area (Å²) in [5.74, 6) is 2.90. The first kappa shape index (κ1) is 10.9. The zero-order chi connectivity index (χ0) is 10.4. The highest BCUT2D eigenvalue weighted by Gasteiger charge is 2.17. The molecule has 0 N–H and O–H groups in total. The highest BCUT2D eigenvalue weighted by molar-refractivity contribution is 5.16. The minimum Gasteiger partial charge on any atom is -0.120 e. The lowest BCUT2D eigenvalue weighted by Crippen LogP contribution is -2.13. The van der Waals surface area contributed by atoms with Gasteiger partial charge in [0.2, 0.25) is 0 Å². The fraction of sp³-hybridized carbons (Fsp3) is 0.429. The quantitative estimate of drug-likeness (QED) is 0.629. The Hall–Kier alpha value is -1.22. The van der Waals surface area contributed by atoms with Crippen molar-refractivity contribution >= 4 is 0 Å². The molecule has 0 unspecified atom stereocenters. The van der Waals surface area contributed by atoms with Gasteiger partial charge in [0.15, 0.2) is 0 Å². The lowest BCUT2D eigenvalue weighted by Gasteiger charge is -2.21.